The Morgan fingerprint density at radius 3 is 3.16 bits per heavy atom. The Morgan fingerprint density at radius 2 is 2.37 bits per heavy atom. The summed E-state index contributed by atoms with van der Waals surface area (Å²) in [6, 6.07) is 6.24. The lowest BCUT2D eigenvalue weighted by atomic mass is 10.1. The van der Waals surface area contributed by atoms with Crippen LogP contribution in [-0.4, -0.2) is 42.5 Å². The predicted molar refractivity (Wildman–Crippen MR) is 82.6 cm³/mol. The Labute approximate surface area is 121 Å². The van der Waals surface area contributed by atoms with Gasteiger partial charge in [-0.25, -0.2) is 0 Å². The molecule has 1 aliphatic rings. The van der Waals surface area contributed by atoms with Gasteiger partial charge in [-0.1, -0.05) is 22.0 Å². The van der Waals surface area contributed by atoms with Gasteiger partial charge in [0.25, 0.3) is 0 Å². The topological polar surface area (TPSA) is 43.4 Å². The zero-order valence-corrected chi connectivity index (χ0v) is 12.5. The van der Waals surface area contributed by atoms with Crippen molar-refractivity contribution < 1.29 is 0 Å². The summed E-state index contributed by atoms with van der Waals surface area (Å²) in [5.41, 5.74) is 2.51. The number of aromatic nitrogens is 1. The zero-order valence-electron chi connectivity index (χ0n) is 10.9. The fourth-order valence-corrected chi connectivity index (χ4v) is 3.06. The van der Waals surface area contributed by atoms with Crippen LogP contribution in [0.4, 0.5) is 0 Å². The summed E-state index contributed by atoms with van der Waals surface area (Å²) in [7, 11) is 2.07. The van der Waals surface area contributed by atoms with Gasteiger partial charge in [-0.15, -0.1) is 0 Å². The Morgan fingerprint density at radius 1 is 1.47 bits per heavy atom. The van der Waals surface area contributed by atoms with Gasteiger partial charge in [-0.05, 0) is 24.1 Å². The van der Waals surface area contributed by atoms with Crippen LogP contribution in [-0.2, 0) is 6.42 Å². The Balaban J connectivity index is 1.69. The van der Waals surface area contributed by atoms with E-state index in [0.29, 0.717) is 0 Å². The van der Waals surface area contributed by atoms with E-state index in [-0.39, 0.29) is 0 Å². The van der Waals surface area contributed by atoms with E-state index in [1.54, 1.807) is 0 Å². The van der Waals surface area contributed by atoms with E-state index in [1.165, 1.54) is 16.5 Å². The molecule has 0 saturated carbocycles. The first-order chi connectivity index (χ1) is 9.25. The van der Waals surface area contributed by atoms with Crippen molar-refractivity contribution in [1.82, 2.24) is 15.2 Å². The van der Waals surface area contributed by atoms with Crippen molar-refractivity contribution in [1.29, 1.82) is 0 Å². The van der Waals surface area contributed by atoms with E-state index in [0.717, 1.165) is 36.5 Å². The molecule has 1 aliphatic heterocycles. The molecule has 0 fully saturated rings. The second kappa shape index (κ2) is 5.25. The molecule has 0 radical (unpaired) electrons. The summed E-state index contributed by atoms with van der Waals surface area (Å²) in [5, 5.41) is 4.68. The molecule has 0 spiro atoms. The van der Waals surface area contributed by atoms with Gasteiger partial charge in [-0.3, -0.25) is 4.99 Å². The molecule has 1 aromatic heterocycles. The number of likely N-dealkylation sites (N-methyl/N-ethyl adjacent to an activating group) is 1. The molecule has 3 rings (SSSR count). The molecule has 0 saturated heterocycles. The molecule has 100 valence electrons. The minimum Gasteiger partial charge on any atom is -0.361 e. The number of aliphatic imine (C=N–C) groups is 1. The minimum absolute atomic E-state index is 0.900. The van der Waals surface area contributed by atoms with Gasteiger partial charge >= 0.3 is 0 Å². The number of hydrogen-bond donors (Lipinski definition) is 2. The van der Waals surface area contributed by atoms with Crippen LogP contribution in [0.25, 0.3) is 10.9 Å². The Bertz CT molecular complexity index is 617. The number of nitrogens with zero attached hydrogens (tertiary/aromatic N) is 2. The zero-order chi connectivity index (χ0) is 13.2. The second-order valence-electron chi connectivity index (χ2n) is 4.78. The van der Waals surface area contributed by atoms with Crippen LogP contribution < -0.4 is 5.32 Å². The maximum Gasteiger partial charge on any atom is 0.193 e. The van der Waals surface area contributed by atoms with Crippen molar-refractivity contribution in [3.63, 3.8) is 0 Å². The molecular formula is C14H17BrN4. The van der Waals surface area contributed by atoms with Gasteiger partial charge in [0, 0.05) is 41.7 Å². The number of halogens is 1. The number of fused-ring (bicyclic) bond motifs is 1. The van der Waals surface area contributed by atoms with Gasteiger partial charge in [0.15, 0.2) is 5.96 Å². The number of guanidine groups is 1. The number of aromatic amines is 1. The number of nitrogens with one attached hydrogen (secondary N) is 2. The van der Waals surface area contributed by atoms with Crippen molar-refractivity contribution in [3.05, 3.63) is 34.4 Å². The van der Waals surface area contributed by atoms with Gasteiger partial charge < -0.3 is 15.2 Å². The summed E-state index contributed by atoms with van der Waals surface area (Å²) in [4.78, 5) is 9.91. The van der Waals surface area contributed by atoms with E-state index in [1.807, 2.05) is 6.07 Å². The van der Waals surface area contributed by atoms with E-state index in [4.69, 9.17) is 0 Å². The summed E-state index contributed by atoms with van der Waals surface area (Å²) in [5.74, 6) is 1.01. The van der Waals surface area contributed by atoms with Crippen LogP contribution in [0.15, 0.2) is 33.9 Å². The van der Waals surface area contributed by atoms with Crippen LogP contribution in [0.1, 0.15) is 5.56 Å². The summed E-state index contributed by atoms with van der Waals surface area (Å²) in [6.45, 7) is 2.82. The molecule has 0 unspecified atom stereocenters. The molecule has 0 atom stereocenters. The van der Waals surface area contributed by atoms with E-state index in [9.17, 15) is 0 Å². The first-order valence-corrected chi connectivity index (χ1v) is 7.29. The highest BCUT2D eigenvalue weighted by molar-refractivity contribution is 9.10. The van der Waals surface area contributed by atoms with Gasteiger partial charge in [-0.2, -0.15) is 0 Å². The largest absolute Gasteiger partial charge is 0.361 e. The number of hydrogen-bond acceptors (Lipinski definition) is 3. The highest BCUT2D eigenvalue weighted by Gasteiger charge is 2.12. The molecule has 2 N–H and O–H groups in total. The predicted octanol–water partition coefficient (Wildman–Crippen LogP) is 2.36. The van der Waals surface area contributed by atoms with Crippen molar-refractivity contribution in [2.75, 3.05) is 26.7 Å². The van der Waals surface area contributed by atoms with E-state index >= 15 is 0 Å². The summed E-state index contributed by atoms with van der Waals surface area (Å²) in [6.07, 6.45) is 3.08. The quantitative estimate of drug-likeness (QED) is 0.911. The molecule has 2 heterocycles. The molecule has 0 bridgehead atoms. The van der Waals surface area contributed by atoms with Gasteiger partial charge in [0.05, 0.1) is 6.54 Å². The first-order valence-electron chi connectivity index (χ1n) is 6.49. The lowest BCUT2D eigenvalue weighted by Crippen LogP contribution is -2.36. The van der Waals surface area contributed by atoms with Gasteiger partial charge in [0.1, 0.15) is 0 Å². The third-order valence-corrected chi connectivity index (χ3v) is 4.13. The lowest BCUT2D eigenvalue weighted by Gasteiger charge is -2.14. The fourth-order valence-electron chi connectivity index (χ4n) is 2.44. The molecule has 4 nitrogen and oxygen atoms in total. The van der Waals surface area contributed by atoms with Crippen molar-refractivity contribution in [2.24, 2.45) is 4.99 Å². The van der Waals surface area contributed by atoms with Crippen LogP contribution in [0.5, 0.6) is 0 Å². The highest BCUT2D eigenvalue weighted by Crippen LogP contribution is 2.26. The third-order valence-electron chi connectivity index (χ3n) is 3.47. The van der Waals surface area contributed by atoms with Crippen LogP contribution in [0.2, 0.25) is 0 Å². The van der Waals surface area contributed by atoms with Crippen LogP contribution in [0.3, 0.4) is 0 Å². The molecule has 0 amide bonds. The minimum atomic E-state index is 0.900. The number of H-pyrrole nitrogens is 1. The lowest BCUT2D eigenvalue weighted by molar-refractivity contribution is 0.534. The Kier molecular flexibility index (Phi) is 3.46. The van der Waals surface area contributed by atoms with Crippen LogP contribution >= 0.6 is 15.9 Å². The molecule has 1 aromatic carbocycles. The Hall–Kier alpha value is -1.49. The van der Waals surface area contributed by atoms with Crippen molar-refractivity contribution in [3.8, 4) is 0 Å². The SMILES string of the molecule is CN1CCN=C1NCCc1c[nH]c2cccc(Br)c12. The smallest absolute Gasteiger partial charge is 0.193 e. The number of rotatable bonds is 3. The first kappa shape index (κ1) is 12.5. The fraction of sp³-hybridized carbons (Fsp3) is 0.357. The summed E-state index contributed by atoms with van der Waals surface area (Å²) >= 11 is 3.62. The van der Waals surface area contributed by atoms with E-state index < -0.39 is 0 Å². The molecule has 19 heavy (non-hydrogen) atoms. The van der Waals surface area contributed by atoms with Gasteiger partial charge in [0.2, 0.25) is 0 Å². The van der Waals surface area contributed by atoms with Crippen LogP contribution in [0, 0.1) is 0 Å². The maximum atomic E-state index is 4.43. The average Bonchev–Trinajstić information content (AvgIpc) is 2.98. The summed E-state index contributed by atoms with van der Waals surface area (Å²) < 4.78 is 1.15. The normalized spacial score (nSPS) is 15.1. The highest BCUT2D eigenvalue weighted by atomic mass is 79.9. The monoisotopic (exact) mass is 320 g/mol. The molecular weight excluding hydrogens is 304 g/mol. The van der Waals surface area contributed by atoms with E-state index in [2.05, 4.69) is 61.5 Å². The van der Waals surface area contributed by atoms with Crippen molar-refractivity contribution in [2.45, 2.75) is 6.42 Å². The molecule has 5 heteroatoms. The molecule has 0 aliphatic carbocycles. The van der Waals surface area contributed by atoms with Crippen molar-refractivity contribution >= 4 is 32.8 Å². The number of benzene rings is 1. The maximum absolute atomic E-state index is 4.43. The second-order valence-corrected chi connectivity index (χ2v) is 5.63. The standard InChI is InChI=1S/C14H17BrN4/c1-19-8-7-17-14(19)16-6-5-10-9-18-12-4-2-3-11(15)13(10)12/h2-4,9,18H,5-8H2,1H3,(H,16,17). The average molecular weight is 321 g/mol. The molecule has 2 aromatic rings. The third kappa shape index (κ3) is 2.47.